The van der Waals surface area contributed by atoms with Crippen LogP contribution in [0.5, 0.6) is 5.75 Å². The van der Waals surface area contributed by atoms with Gasteiger partial charge in [-0.25, -0.2) is 9.59 Å². The molecule has 1 aliphatic rings. The van der Waals surface area contributed by atoms with Crippen molar-refractivity contribution in [3.63, 3.8) is 0 Å². The highest BCUT2D eigenvalue weighted by molar-refractivity contribution is 5.90. The fourth-order valence-electron chi connectivity index (χ4n) is 2.24. The van der Waals surface area contributed by atoms with E-state index in [1.807, 2.05) is 32.0 Å². The van der Waals surface area contributed by atoms with Crippen molar-refractivity contribution in [2.24, 2.45) is 0 Å². The smallest absolute Gasteiger partial charge is 0.409 e. The Morgan fingerprint density at radius 2 is 2.21 bits per heavy atom. The third kappa shape index (κ3) is 5.33. The number of anilines is 1. The van der Waals surface area contributed by atoms with E-state index in [9.17, 15) is 9.59 Å². The average Bonchev–Trinajstić information content (AvgIpc) is 2.58. The largest absolute Gasteiger partial charge is 0.489 e. The summed E-state index contributed by atoms with van der Waals surface area (Å²) in [5.74, 6) is 0.640. The summed E-state index contributed by atoms with van der Waals surface area (Å²) < 4.78 is 10.7. The average molecular weight is 335 g/mol. The number of nitrogens with one attached hydrogen (secondary N) is 2. The van der Waals surface area contributed by atoms with Gasteiger partial charge in [-0.05, 0) is 31.9 Å². The van der Waals surface area contributed by atoms with Gasteiger partial charge in [0.15, 0.2) is 0 Å². The number of ether oxygens (including phenoxy) is 2. The van der Waals surface area contributed by atoms with Gasteiger partial charge in [0.25, 0.3) is 0 Å². The second-order valence-corrected chi connectivity index (χ2v) is 5.67. The molecule has 1 aromatic carbocycles. The lowest BCUT2D eigenvalue weighted by Gasteiger charge is -2.26. The predicted molar refractivity (Wildman–Crippen MR) is 91.4 cm³/mol. The van der Waals surface area contributed by atoms with Crippen molar-refractivity contribution in [1.29, 1.82) is 0 Å². The Kier molecular flexibility index (Phi) is 6.72. The predicted octanol–water partition coefficient (Wildman–Crippen LogP) is 2.83. The topological polar surface area (TPSA) is 79.9 Å². The normalized spacial score (nSPS) is 15.4. The van der Waals surface area contributed by atoms with Crippen LogP contribution in [0.15, 0.2) is 24.3 Å². The SMILES string of the molecule is CCC(C)Oc1ccccc1NC(=O)NCCN1CCCOC1=O. The highest BCUT2D eigenvalue weighted by Crippen LogP contribution is 2.25. The molecule has 1 fully saturated rings. The minimum absolute atomic E-state index is 0.0705. The summed E-state index contributed by atoms with van der Waals surface area (Å²) in [6.07, 6.45) is 1.45. The number of cyclic esters (lactones) is 1. The van der Waals surface area contributed by atoms with Gasteiger partial charge in [-0.1, -0.05) is 19.1 Å². The van der Waals surface area contributed by atoms with Gasteiger partial charge < -0.3 is 25.0 Å². The lowest BCUT2D eigenvalue weighted by atomic mass is 10.2. The lowest BCUT2D eigenvalue weighted by molar-refractivity contribution is 0.0736. The number of hydrogen-bond donors (Lipinski definition) is 2. The number of amides is 3. The van der Waals surface area contributed by atoms with Crippen molar-refractivity contribution in [3.05, 3.63) is 24.3 Å². The molecule has 2 N–H and O–H groups in total. The van der Waals surface area contributed by atoms with Crippen LogP contribution in [0.1, 0.15) is 26.7 Å². The third-order valence-electron chi connectivity index (χ3n) is 3.76. The van der Waals surface area contributed by atoms with Crippen LogP contribution >= 0.6 is 0 Å². The molecule has 7 nitrogen and oxygen atoms in total. The molecule has 1 saturated heterocycles. The van der Waals surface area contributed by atoms with Crippen LogP contribution in [0.25, 0.3) is 0 Å². The number of benzene rings is 1. The second-order valence-electron chi connectivity index (χ2n) is 5.67. The summed E-state index contributed by atoms with van der Waals surface area (Å²) in [5.41, 5.74) is 0.618. The van der Waals surface area contributed by atoms with Gasteiger partial charge in [-0.15, -0.1) is 0 Å². The Balaban J connectivity index is 1.80. The number of carbonyl (C=O) groups is 2. The molecule has 0 bridgehead atoms. The molecule has 1 heterocycles. The van der Waals surface area contributed by atoms with Gasteiger partial charge in [-0.2, -0.15) is 0 Å². The van der Waals surface area contributed by atoms with E-state index in [2.05, 4.69) is 10.6 Å². The molecule has 132 valence electrons. The summed E-state index contributed by atoms with van der Waals surface area (Å²) in [4.78, 5) is 25.1. The van der Waals surface area contributed by atoms with E-state index in [0.717, 1.165) is 12.8 Å². The van der Waals surface area contributed by atoms with Crippen LogP contribution in [0.4, 0.5) is 15.3 Å². The maximum absolute atomic E-state index is 12.0. The summed E-state index contributed by atoms with van der Waals surface area (Å²) in [7, 11) is 0. The van der Waals surface area contributed by atoms with Crippen LogP contribution in [-0.4, -0.2) is 49.4 Å². The van der Waals surface area contributed by atoms with E-state index < -0.39 is 0 Å². The maximum atomic E-state index is 12.0. The Morgan fingerprint density at radius 3 is 2.96 bits per heavy atom. The van der Waals surface area contributed by atoms with Crippen LogP contribution < -0.4 is 15.4 Å². The van der Waals surface area contributed by atoms with Gasteiger partial charge in [0.2, 0.25) is 0 Å². The van der Waals surface area contributed by atoms with Crippen LogP contribution in [0.3, 0.4) is 0 Å². The van der Waals surface area contributed by atoms with Crippen molar-refractivity contribution in [2.75, 3.05) is 31.6 Å². The van der Waals surface area contributed by atoms with Crippen molar-refractivity contribution >= 4 is 17.8 Å². The zero-order valence-corrected chi connectivity index (χ0v) is 14.2. The fourth-order valence-corrected chi connectivity index (χ4v) is 2.24. The van der Waals surface area contributed by atoms with Gasteiger partial charge in [0.05, 0.1) is 18.4 Å². The third-order valence-corrected chi connectivity index (χ3v) is 3.76. The molecule has 0 spiro atoms. The zero-order valence-electron chi connectivity index (χ0n) is 14.2. The van der Waals surface area contributed by atoms with Gasteiger partial charge in [0.1, 0.15) is 5.75 Å². The first-order valence-corrected chi connectivity index (χ1v) is 8.32. The molecule has 7 heteroatoms. The Morgan fingerprint density at radius 1 is 1.42 bits per heavy atom. The number of nitrogens with zero attached hydrogens (tertiary/aromatic N) is 1. The Hall–Kier alpha value is -2.44. The lowest BCUT2D eigenvalue weighted by Crippen LogP contribution is -2.43. The molecule has 0 aliphatic carbocycles. The minimum Gasteiger partial charge on any atom is -0.489 e. The van der Waals surface area contributed by atoms with E-state index >= 15 is 0 Å². The molecule has 0 saturated carbocycles. The summed E-state index contributed by atoms with van der Waals surface area (Å²) in [5, 5.41) is 5.52. The second kappa shape index (κ2) is 9.00. The Labute approximate surface area is 142 Å². The van der Waals surface area contributed by atoms with Gasteiger partial charge >= 0.3 is 12.1 Å². The molecule has 0 radical (unpaired) electrons. The van der Waals surface area contributed by atoms with E-state index in [1.165, 1.54) is 0 Å². The highest BCUT2D eigenvalue weighted by Gasteiger charge is 2.19. The fraction of sp³-hybridized carbons (Fsp3) is 0.529. The number of rotatable bonds is 7. The maximum Gasteiger partial charge on any atom is 0.409 e. The molecule has 0 aromatic heterocycles. The number of urea groups is 1. The molecule has 24 heavy (non-hydrogen) atoms. The monoisotopic (exact) mass is 335 g/mol. The van der Waals surface area contributed by atoms with Gasteiger partial charge in [-0.3, -0.25) is 0 Å². The Bertz CT molecular complexity index is 565. The number of carbonyl (C=O) groups excluding carboxylic acids is 2. The van der Waals surface area contributed by atoms with E-state index in [4.69, 9.17) is 9.47 Å². The molecule has 1 aliphatic heterocycles. The first kappa shape index (κ1) is 17.9. The minimum atomic E-state index is -0.333. The molecular weight excluding hydrogens is 310 g/mol. The summed E-state index contributed by atoms with van der Waals surface area (Å²) in [6.45, 7) is 5.93. The highest BCUT2D eigenvalue weighted by atomic mass is 16.6. The van der Waals surface area contributed by atoms with Crippen molar-refractivity contribution in [1.82, 2.24) is 10.2 Å². The molecule has 1 atom stereocenters. The quantitative estimate of drug-likeness (QED) is 0.803. The van der Waals surface area contributed by atoms with Crippen LogP contribution in [0, 0.1) is 0 Å². The standard InChI is InChI=1S/C17H25N3O4/c1-3-13(2)24-15-8-5-4-7-14(15)19-16(21)18-9-11-20-10-6-12-23-17(20)22/h4-5,7-8,13H,3,6,9-12H2,1-2H3,(H2,18,19,21). The van der Waals surface area contributed by atoms with E-state index in [-0.39, 0.29) is 18.2 Å². The van der Waals surface area contributed by atoms with Crippen LogP contribution in [-0.2, 0) is 4.74 Å². The first-order valence-electron chi connectivity index (χ1n) is 8.32. The molecule has 1 aromatic rings. The van der Waals surface area contributed by atoms with Crippen LogP contribution in [0.2, 0.25) is 0 Å². The van der Waals surface area contributed by atoms with Crippen molar-refractivity contribution in [3.8, 4) is 5.75 Å². The van der Waals surface area contributed by atoms with Crippen molar-refractivity contribution < 1.29 is 19.1 Å². The number of para-hydroxylation sites is 2. The van der Waals surface area contributed by atoms with E-state index in [0.29, 0.717) is 37.7 Å². The molecule has 1 unspecified atom stereocenters. The molecule has 3 amide bonds. The van der Waals surface area contributed by atoms with Crippen molar-refractivity contribution in [2.45, 2.75) is 32.8 Å². The molecular formula is C17H25N3O4. The summed E-state index contributed by atoms with van der Waals surface area (Å²) >= 11 is 0. The number of hydrogen-bond acceptors (Lipinski definition) is 4. The zero-order chi connectivity index (χ0) is 17.4. The van der Waals surface area contributed by atoms with E-state index in [1.54, 1.807) is 11.0 Å². The van der Waals surface area contributed by atoms with Gasteiger partial charge in [0, 0.05) is 19.6 Å². The molecule has 2 rings (SSSR count). The first-order chi connectivity index (χ1) is 11.6. The summed E-state index contributed by atoms with van der Waals surface area (Å²) in [6, 6.07) is 6.98.